The van der Waals surface area contributed by atoms with Gasteiger partial charge in [-0.15, -0.1) is 0 Å². The van der Waals surface area contributed by atoms with Gasteiger partial charge in [-0.2, -0.15) is 0 Å². The standard InChI is InChI=1S/C24H28N2O5/c1-5-31-14-6-13-26-23(27)21(17-8-10-18(29-3)11-9-17)22(24(26)28)25-19-15-16(2)7-12-20(19)30-4/h7-12,15,25H,5-6,13-14H2,1-4H3. The largest absolute Gasteiger partial charge is 0.497 e. The number of amides is 2. The molecule has 2 amide bonds. The average Bonchev–Trinajstić information content (AvgIpc) is 3.01. The van der Waals surface area contributed by atoms with Gasteiger partial charge in [0.25, 0.3) is 11.8 Å². The van der Waals surface area contributed by atoms with E-state index >= 15 is 0 Å². The monoisotopic (exact) mass is 424 g/mol. The molecule has 7 nitrogen and oxygen atoms in total. The van der Waals surface area contributed by atoms with Gasteiger partial charge in [0, 0.05) is 19.8 Å². The van der Waals surface area contributed by atoms with E-state index < -0.39 is 0 Å². The Labute approximate surface area is 182 Å². The first-order chi connectivity index (χ1) is 15.0. The highest BCUT2D eigenvalue weighted by Gasteiger charge is 2.39. The van der Waals surface area contributed by atoms with Crippen LogP contribution in [0.3, 0.4) is 0 Å². The molecule has 0 fully saturated rings. The lowest BCUT2D eigenvalue weighted by molar-refractivity contribution is -0.137. The first-order valence-corrected chi connectivity index (χ1v) is 10.2. The van der Waals surface area contributed by atoms with Gasteiger partial charge in [0.05, 0.1) is 25.5 Å². The van der Waals surface area contributed by atoms with Crippen LogP contribution in [0.2, 0.25) is 0 Å². The number of hydrogen-bond donors (Lipinski definition) is 1. The minimum Gasteiger partial charge on any atom is -0.497 e. The second kappa shape index (κ2) is 10.1. The summed E-state index contributed by atoms with van der Waals surface area (Å²) in [5.41, 5.74) is 2.82. The zero-order chi connectivity index (χ0) is 22.4. The van der Waals surface area contributed by atoms with Crippen LogP contribution in [-0.4, -0.2) is 50.7 Å². The van der Waals surface area contributed by atoms with E-state index in [1.807, 2.05) is 32.0 Å². The van der Waals surface area contributed by atoms with Crippen molar-refractivity contribution in [2.45, 2.75) is 20.3 Å². The molecule has 0 aromatic heterocycles. The molecular weight excluding hydrogens is 396 g/mol. The maximum Gasteiger partial charge on any atom is 0.278 e. The third kappa shape index (κ3) is 4.88. The third-order valence-corrected chi connectivity index (χ3v) is 5.04. The van der Waals surface area contributed by atoms with Crippen molar-refractivity contribution >= 4 is 23.1 Å². The molecule has 0 saturated carbocycles. The van der Waals surface area contributed by atoms with Gasteiger partial charge in [0.15, 0.2) is 0 Å². The summed E-state index contributed by atoms with van der Waals surface area (Å²) < 4.78 is 16.0. The zero-order valence-electron chi connectivity index (χ0n) is 18.4. The number of hydrogen-bond acceptors (Lipinski definition) is 6. The number of ether oxygens (including phenoxy) is 3. The fourth-order valence-corrected chi connectivity index (χ4v) is 3.44. The topological polar surface area (TPSA) is 77.1 Å². The van der Waals surface area contributed by atoms with Crippen LogP contribution in [0.5, 0.6) is 11.5 Å². The Bertz CT molecular complexity index is 982. The summed E-state index contributed by atoms with van der Waals surface area (Å²) in [7, 11) is 3.14. The van der Waals surface area contributed by atoms with Gasteiger partial charge >= 0.3 is 0 Å². The van der Waals surface area contributed by atoms with Crippen molar-refractivity contribution in [2.24, 2.45) is 0 Å². The van der Waals surface area contributed by atoms with Crippen LogP contribution < -0.4 is 14.8 Å². The predicted octanol–water partition coefficient (Wildman–Crippen LogP) is 3.63. The van der Waals surface area contributed by atoms with Gasteiger partial charge in [-0.1, -0.05) is 18.2 Å². The lowest BCUT2D eigenvalue weighted by Gasteiger charge is -2.16. The SMILES string of the molecule is CCOCCCN1C(=O)C(Nc2cc(C)ccc2OC)=C(c2ccc(OC)cc2)C1=O. The van der Waals surface area contributed by atoms with Gasteiger partial charge in [-0.3, -0.25) is 14.5 Å². The molecule has 3 rings (SSSR count). The molecule has 2 aromatic rings. The van der Waals surface area contributed by atoms with Crippen LogP contribution >= 0.6 is 0 Å². The Morgan fingerprint density at radius 3 is 2.35 bits per heavy atom. The van der Waals surface area contributed by atoms with E-state index in [2.05, 4.69) is 5.32 Å². The van der Waals surface area contributed by atoms with Crippen molar-refractivity contribution in [1.29, 1.82) is 0 Å². The van der Waals surface area contributed by atoms with Gasteiger partial charge in [-0.05, 0) is 55.7 Å². The molecular formula is C24H28N2O5. The highest BCUT2D eigenvalue weighted by molar-refractivity contribution is 6.36. The molecule has 2 aromatic carbocycles. The molecule has 7 heteroatoms. The highest BCUT2D eigenvalue weighted by Crippen LogP contribution is 2.34. The summed E-state index contributed by atoms with van der Waals surface area (Å²) in [4.78, 5) is 27.8. The number of nitrogens with one attached hydrogen (secondary N) is 1. The molecule has 0 spiro atoms. The van der Waals surface area contributed by atoms with Crippen LogP contribution in [0.25, 0.3) is 5.57 Å². The number of carbonyl (C=O) groups is 2. The van der Waals surface area contributed by atoms with Gasteiger partial charge in [0.2, 0.25) is 0 Å². The van der Waals surface area contributed by atoms with Crippen molar-refractivity contribution in [1.82, 2.24) is 4.90 Å². The Morgan fingerprint density at radius 2 is 1.71 bits per heavy atom. The normalized spacial score (nSPS) is 13.7. The number of benzene rings is 2. The Hall–Kier alpha value is -3.32. The summed E-state index contributed by atoms with van der Waals surface area (Å²) >= 11 is 0. The van der Waals surface area contributed by atoms with Crippen LogP contribution in [0.15, 0.2) is 48.2 Å². The molecule has 1 heterocycles. The maximum absolute atomic E-state index is 13.3. The number of anilines is 1. The molecule has 164 valence electrons. The van der Waals surface area contributed by atoms with E-state index in [-0.39, 0.29) is 24.1 Å². The van der Waals surface area contributed by atoms with Crippen LogP contribution in [0, 0.1) is 6.92 Å². The molecule has 0 radical (unpaired) electrons. The van der Waals surface area contributed by atoms with Crippen LogP contribution in [0.4, 0.5) is 5.69 Å². The molecule has 1 N–H and O–H groups in total. The molecule has 0 aliphatic carbocycles. The Balaban J connectivity index is 1.99. The minimum atomic E-state index is -0.365. The fraction of sp³-hybridized carbons (Fsp3) is 0.333. The molecule has 0 atom stereocenters. The third-order valence-electron chi connectivity index (χ3n) is 5.04. The van der Waals surface area contributed by atoms with Crippen molar-refractivity contribution in [3.05, 3.63) is 59.3 Å². The zero-order valence-corrected chi connectivity index (χ0v) is 18.4. The van der Waals surface area contributed by atoms with Crippen molar-refractivity contribution in [3.8, 4) is 11.5 Å². The van der Waals surface area contributed by atoms with Gasteiger partial charge < -0.3 is 19.5 Å². The number of imide groups is 1. The summed E-state index contributed by atoms with van der Waals surface area (Å²) in [6.07, 6.45) is 0.572. The first-order valence-electron chi connectivity index (χ1n) is 10.2. The number of nitrogens with zero attached hydrogens (tertiary/aromatic N) is 1. The van der Waals surface area contributed by atoms with E-state index in [0.717, 1.165) is 5.56 Å². The predicted molar refractivity (Wildman–Crippen MR) is 119 cm³/mol. The van der Waals surface area contributed by atoms with E-state index in [1.54, 1.807) is 38.5 Å². The smallest absolute Gasteiger partial charge is 0.278 e. The second-order valence-corrected chi connectivity index (χ2v) is 7.12. The number of rotatable bonds is 10. The number of methoxy groups -OCH3 is 2. The van der Waals surface area contributed by atoms with Crippen molar-refractivity contribution in [3.63, 3.8) is 0 Å². The molecule has 31 heavy (non-hydrogen) atoms. The van der Waals surface area contributed by atoms with E-state index in [4.69, 9.17) is 14.2 Å². The van der Waals surface area contributed by atoms with Crippen LogP contribution in [0.1, 0.15) is 24.5 Å². The van der Waals surface area contributed by atoms with Crippen molar-refractivity contribution < 1.29 is 23.8 Å². The maximum atomic E-state index is 13.3. The van der Waals surface area contributed by atoms with Crippen molar-refractivity contribution in [2.75, 3.05) is 39.3 Å². The van der Waals surface area contributed by atoms with Crippen LogP contribution in [-0.2, 0) is 14.3 Å². The van der Waals surface area contributed by atoms with E-state index in [0.29, 0.717) is 48.0 Å². The van der Waals surface area contributed by atoms with Gasteiger partial charge in [-0.25, -0.2) is 0 Å². The Morgan fingerprint density at radius 1 is 0.968 bits per heavy atom. The first kappa shape index (κ1) is 22.4. The number of carbonyl (C=O) groups excluding carboxylic acids is 2. The lowest BCUT2D eigenvalue weighted by Crippen LogP contribution is -2.34. The second-order valence-electron chi connectivity index (χ2n) is 7.12. The van der Waals surface area contributed by atoms with E-state index in [9.17, 15) is 9.59 Å². The minimum absolute atomic E-state index is 0.232. The molecule has 0 unspecified atom stereocenters. The molecule has 0 bridgehead atoms. The Kier molecular flexibility index (Phi) is 7.31. The summed E-state index contributed by atoms with van der Waals surface area (Å²) in [5, 5.41) is 3.17. The highest BCUT2D eigenvalue weighted by atomic mass is 16.5. The molecule has 0 saturated heterocycles. The number of aryl methyl sites for hydroxylation is 1. The molecule has 1 aliphatic heterocycles. The lowest BCUT2D eigenvalue weighted by atomic mass is 10.0. The summed E-state index contributed by atoms with van der Waals surface area (Å²) in [5.74, 6) is 0.559. The quantitative estimate of drug-likeness (QED) is 0.464. The summed E-state index contributed by atoms with van der Waals surface area (Å²) in [6.45, 7) is 5.22. The summed E-state index contributed by atoms with van der Waals surface area (Å²) in [6, 6.07) is 12.7. The average molecular weight is 424 g/mol. The fourth-order valence-electron chi connectivity index (χ4n) is 3.44. The molecule has 1 aliphatic rings. The van der Waals surface area contributed by atoms with Gasteiger partial charge in [0.1, 0.15) is 17.2 Å². The van der Waals surface area contributed by atoms with E-state index in [1.165, 1.54) is 4.90 Å².